The number of hydrazone groups is 1. The van der Waals surface area contributed by atoms with Crippen LogP contribution in [0.5, 0.6) is 0 Å². The third-order valence-electron chi connectivity index (χ3n) is 4.88. The molecule has 0 bridgehead atoms. The van der Waals surface area contributed by atoms with Crippen molar-refractivity contribution in [3.05, 3.63) is 77.6 Å². The summed E-state index contributed by atoms with van der Waals surface area (Å²) >= 11 is 0. The Bertz CT molecular complexity index is 1050. The maximum atomic E-state index is 12.3. The Balaban J connectivity index is 1.35. The molecule has 3 aromatic rings. The second-order valence-electron chi connectivity index (χ2n) is 6.83. The van der Waals surface area contributed by atoms with E-state index < -0.39 is 0 Å². The third-order valence-corrected chi connectivity index (χ3v) is 4.88. The average Bonchev–Trinajstić information content (AvgIpc) is 3.46. The number of nitrogens with one attached hydrogen (secondary N) is 1. The van der Waals surface area contributed by atoms with Gasteiger partial charge < -0.3 is 9.32 Å². The molecule has 0 saturated carbocycles. The minimum Gasteiger partial charge on any atom is -0.455 e. The first-order valence-electron chi connectivity index (χ1n) is 9.52. The summed E-state index contributed by atoms with van der Waals surface area (Å²) in [6.45, 7) is 2.15. The lowest BCUT2D eigenvalue weighted by atomic mass is 10.1. The fourth-order valence-electron chi connectivity index (χ4n) is 3.30. The van der Waals surface area contributed by atoms with Gasteiger partial charge in [-0.3, -0.25) is 4.79 Å². The van der Waals surface area contributed by atoms with E-state index in [1.807, 2.05) is 42.5 Å². The van der Waals surface area contributed by atoms with Crippen LogP contribution in [-0.4, -0.2) is 25.2 Å². The van der Waals surface area contributed by atoms with Crippen LogP contribution in [0.1, 0.15) is 34.5 Å². The number of rotatable bonds is 5. The molecule has 29 heavy (non-hydrogen) atoms. The highest BCUT2D eigenvalue weighted by molar-refractivity contribution is 5.95. The maximum absolute atomic E-state index is 12.3. The van der Waals surface area contributed by atoms with Crippen LogP contribution in [0.4, 0.5) is 5.69 Å². The fraction of sp³-hybridized carbons (Fsp3) is 0.174. The van der Waals surface area contributed by atoms with Crippen LogP contribution in [0.25, 0.3) is 11.3 Å². The summed E-state index contributed by atoms with van der Waals surface area (Å²) < 4.78 is 5.71. The molecule has 1 amide bonds. The molecule has 2 aromatic carbocycles. The van der Waals surface area contributed by atoms with Gasteiger partial charge in [0.05, 0.1) is 17.8 Å². The Hall–Kier alpha value is -3.85. The highest BCUT2D eigenvalue weighted by atomic mass is 16.3. The number of nitrogens with zero attached hydrogens (tertiary/aromatic N) is 3. The van der Waals surface area contributed by atoms with Gasteiger partial charge >= 0.3 is 0 Å². The van der Waals surface area contributed by atoms with E-state index in [2.05, 4.69) is 21.5 Å². The van der Waals surface area contributed by atoms with E-state index in [4.69, 9.17) is 9.68 Å². The summed E-state index contributed by atoms with van der Waals surface area (Å²) in [5.41, 5.74) is 5.69. The molecule has 144 valence electrons. The van der Waals surface area contributed by atoms with Gasteiger partial charge in [-0.1, -0.05) is 0 Å². The summed E-state index contributed by atoms with van der Waals surface area (Å²) in [5.74, 6) is 0.918. The van der Waals surface area contributed by atoms with Crippen LogP contribution >= 0.6 is 0 Å². The molecule has 0 spiro atoms. The molecule has 1 fully saturated rings. The molecule has 1 aromatic heterocycles. The lowest BCUT2D eigenvalue weighted by molar-refractivity contribution is 0.0955. The number of nitriles is 1. The van der Waals surface area contributed by atoms with Crippen LogP contribution in [0, 0.1) is 11.3 Å². The summed E-state index contributed by atoms with van der Waals surface area (Å²) in [5, 5.41) is 12.8. The van der Waals surface area contributed by atoms with Gasteiger partial charge in [0.25, 0.3) is 5.91 Å². The Morgan fingerprint density at radius 2 is 1.76 bits per heavy atom. The number of anilines is 1. The van der Waals surface area contributed by atoms with E-state index in [0.717, 1.165) is 24.3 Å². The van der Waals surface area contributed by atoms with Crippen molar-refractivity contribution in [2.75, 3.05) is 18.0 Å². The minimum absolute atomic E-state index is 0.270. The molecule has 1 N–H and O–H groups in total. The van der Waals surface area contributed by atoms with Gasteiger partial charge in [0.2, 0.25) is 0 Å². The van der Waals surface area contributed by atoms with Gasteiger partial charge in [0.1, 0.15) is 11.5 Å². The molecular formula is C23H20N4O2. The van der Waals surface area contributed by atoms with Crippen LogP contribution in [0.15, 0.2) is 70.2 Å². The molecule has 6 heteroatoms. The Morgan fingerprint density at radius 3 is 2.45 bits per heavy atom. The molecule has 2 heterocycles. The molecule has 6 nitrogen and oxygen atoms in total. The van der Waals surface area contributed by atoms with Crippen LogP contribution < -0.4 is 10.3 Å². The molecule has 0 radical (unpaired) electrons. The predicted octanol–water partition coefficient (Wildman–Crippen LogP) is 4.18. The Kier molecular flexibility index (Phi) is 5.39. The maximum Gasteiger partial charge on any atom is 0.271 e. The lowest BCUT2D eigenvalue weighted by Crippen LogP contribution is -2.19. The summed E-state index contributed by atoms with van der Waals surface area (Å²) in [6, 6.07) is 20.4. The molecule has 1 aliphatic rings. The lowest BCUT2D eigenvalue weighted by Gasteiger charge is -2.17. The smallest absolute Gasteiger partial charge is 0.271 e. The second-order valence-corrected chi connectivity index (χ2v) is 6.83. The van der Waals surface area contributed by atoms with Crippen LogP contribution in [0.2, 0.25) is 0 Å². The quantitative estimate of drug-likeness (QED) is 0.528. The van der Waals surface area contributed by atoms with Gasteiger partial charge in [-0.05, 0) is 73.5 Å². The first-order chi connectivity index (χ1) is 14.2. The molecule has 0 atom stereocenters. The SMILES string of the molecule is N#Cc1ccc(-c2ccc(/C=N\NC(=O)c3ccc(N4CCCC4)cc3)o2)cc1. The Morgan fingerprint density at radius 1 is 1.03 bits per heavy atom. The van der Waals surface area contributed by atoms with Gasteiger partial charge in [-0.15, -0.1) is 0 Å². The van der Waals surface area contributed by atoms with Gasteiger partial charge in [-0.2, -0.15) is 10.4 Å². The zero-order chi connectivity index (χ0) is 20.1. The van der Waals surface area contributed by atoms with Crippen molar-refractivity contribution >= 4 is 17.8 Å². The normalized spacial score (nSPS) is 13.6. The number of carbonyl (C=O) groups excluding carboxylic acids is 1. The van der Waals surface area contributed by atoms with Crippen molar-refractivity contribution in [2.24, 2.45) is 5.10 Å². The molecule has 0 unspecified atom stereocenters. The number of hydrogen-bond acceptors (Lipinski definition) is 5. The molecule has 1 saturated heterocycles. The van der Waals surface area contributed by atoms with Crippen LogP contribution in [-0.2, 0) is 0 Å². The van der Waals surface area contributed by atoms with E-state index in [1.54, 1.807) is 18.2 Å². The molecule has 4 rings (SSSR count). The number of benzene rings is 2. The number of hydrogen-bond donors (Lipinski definition) is 1. The van der Waals surface area contributed by atoms with Crippen molar-refractivity contribution in [2.45, 2.75) is 12.8 Å². The van der Waals surface area contributed by atoms with E-state index >= 15 is 0 Å². The van der Waals surface area contributed by atoms with Crippen LogP contribution in [0.3, 0.4) is 0 Å². The highest BCUT2D eigenvalue weighted by Gasteiger charge is 2.13. The third kappa shape index (κ3) is 4.36. The summed E-state index contributed by atoms with van der Waals surface area (Å²) in [6.07, 6.45) is 3.90. The van der Waals surface area contributed by atoms with Crippen molar-refractivity contribution in [3.8, 4) is 17.4 Å². The fourth-order valence-corrected chi connectivity index (χ4v) is 3.30. The van der Waals surface area contributed by atoms with Crippen molar-refractivity contribution in [3.63, 3.8) is 0 Å². The number of furan rings is 1. The van der Waals surface area contributed by atoms with Gasteiger partial charge in [0.15, 0.2) is 0 Å². The zero-order valence-electron chi connectivity index (χ0n) is 15.8. The minimum atomic E-state index is -0.270. The molecule has 0 aliphatic carbocycles. The second kappa shape index (κ2) is 8.44. The topological polar surface area (TPSA) is 81.6 Å². The highest BCUT2D eigenvalue weighted by Crippen LogP contribution is 2.22. The van der Waals surface area contributed by atoms with E-state index in [-0.39, 0.29) is 5.91 Å². The van der Waals surface area contributed by atoms with Gasteiger partial charge in [0, 0.05) is 29.9 Å². The zero-order valence-corrected chi connectivity index (χ0v) is 15.8. The predicted molar refractivity (Wildman–Crippen MR) is 112 cm³/mol. The largest absolute Gasteiger partial charge is 0.455 e. The Labute approximate surface area is 169 Å². The standard InChI is InChI=1S/C23H20N4O2/c24-15-17-3-5-18(6-4-17)22-12-11-21(29-22)16-25-26-23(28)19-7-9-20(10-8-19)27-13-1-2-14-27/h3-12,16H,1-2,13-14H2,(H,26,28)/b25-16-. The van der Waals surface area contributed by atoms with E-state index in [0.29, 0.717) is 22.6 Å². The van der Waals surface area contributed by atoms with E-state index in [1.165, 1.54) is 19.1 Å². The van der Waals surface area contributed by atoms with Crippen molar-refractivity contribution < 1.29 is 9.21 Å². The summed E-state index contributed by atoms with van der Waals surface area (Å²) in [4.78, 5) is 14.6. The first kappa shape index (κ1) is 18.5. The molecular weight excluding hydrogens is 364 g/mol. The monoisotopic (exact) mass is 384 g/mol. The average molecular weight is 384 g/mol. The van der Waals surface area contributed by atoms with Gasteiger partial charge in [-0.25, -0.2) is 5.43 Å². The molecule has 1 aliphatic heterocycles. The number of amides is 1. The first-order valence-corrected chi connectivity index (χ1v) is 9.52. The van der Waals surface area contributed by atoms with Crippen molar-refractivity contribution in [1.82, 2.24) is 5.43 Å². The van der Waals surface area contributed by atoms with Crippen molar-refractivity contribution in [1.29, 1.82) is 5.26 Å². The van der Waals surface area contributed by atoms with E-state index in [9.17, 15) is 4.79 Å². The number of carbonyl (C=O) groups is 1. The summed E-state index contributed by atoms with van der Waals surface area (Å²) in [7, 11) is 0.